The normalized spacial score (nSPS) is 21.2. The molecule has 3 rings (SSSR count). The number of methoxy groups -OCH3 is 1. The summed E-state index contributed by atoms with van der Waals surface area (Å²) < 4.78 is 5.19. The van der Waals surface area contributed by atoms with E-state index in [0.29, 0.717) is 12.0 Å². The Balaban J connectivity index is 1.46. The Morgan fingerprint density at radius 1 is 1.15 bits per heavy atom. The molecule has 1 N–H and O–H groups in total. The maximum absolute atomic E-state index is 5.19. The summed E-state index contributed by atoms with van der Waals surface area (Å²) in [4.78, 5) is 4.33. The van der Waals surface area contributed by atoms with Crippen LogP contribution < -0.4 is 10.1 Å². The number of hydrogen-bond donors (Lipinski definition) is 1. The van der Waals surface area contributed by atoms with E-state index in [1.54, 1.807) is 7.11 Å². The van der Waals surface area contributed by atoms with Crippen LogP contribution in [-0.2, 0) is 6.54 Å². The highest BCUT2D eigenvalue weighted by molar-refractivity contribution is 5.30. The lowest BCUT2D eigenvalue weighted by Crippen LogP contribution is -2.39. The van der Waals surface area contributed by atoms with Gasteiger partial charge in [-0.05, 0) is 48.6 Å². The molecule has 1 aromatic carbocycles. The molecule has 1 aromatic heterocycles. The zero-order chi connectivity index (χ0) is 13.8. The second-order valence-electron chi connectivity index (χ2n) is 5.34. The number of ether oxygens (including phenoxy) is 1. The smallest absolute Gasteiger partial charge is 0.118 e. The molecule has 1 aliphatic carbocycles. The second kappa shape index (κ2) is 6.06. The first-order valence-electron chi connectivity index (χ1n) is 7.12. The highest BCUT2D eigenvalue weighted by Crippen LogP contribution is 2.37. The fourth-order valence-electron chi connectivity index (χ4n) is 2.68. The summed E-state index contributed by atoms with van der Waals surface area (Å²) in [6.45, 7) is 0.862. The lowest BCUT2D eigenvalue weighted by molar-refractivity contribution is 0.288. The number of pyridine rings is 1. The molecule has 20 heavy (non-hydrogen) atoms. The van der Waals surface area contributed by atoms with E-state index >= 15 is 0 Å². The topological polar surface area (TPSA) is 34.1 Å². The van der Waals surface area contributed by atoms with Gasteiger partial charge in [0.05, 0.1) is 12.8 Å². The van der Waals surface area contributed by atoms with Crippen molar-refractivity contribution >= 4 is 0 Å². The van der Waals surface area contributed by atoms with Crippen molar-refractivity contribution in [2.24, 2.45) is 0 Å². The fraction of sp³-hybridized carbons (Fsp3) is 0.353. The predicted molar refractivity (Wildman–Crippen MR) is 79.8 cm³/mol. The molecule has 104 valence electrons. The van der Waals surface area contributed by atoms with Gasteiger partial charge in [-0.25, -0.2) is 0 Å². The first-order valence-corrected chi connectivity index (χ1v) is 7.12. The van der Waals surface area contributed by atoms with Crippen LogP contribution in [0.5, 0.6) is 5.75 Å². The Hall–Kier alpha value is -1.87. The van der Waals surface area contributed by atoms with Crippen molar-refractivity contribution in [2.45, 2.75) is 31.3 Å². The summed E-state index contributed by atoms with van der Waals surface area (Å²) in [5.74, 6) is 1.61. The molecule has 0 aliphatic heterocycles. The summed E-state index contributed by atoms with van der Waals surface area (Å²) in [6, 6.07) is 15.1. The van der Waals surface area contributed by atoms with Crippen molar-refractivity contribution in [3.63, 3.8) is 0 Å². The second-order valence-corrected chi connectivity index (χ2v) is 5.34. The molecule has 0 spiro atoms. The first-order chi connectivity index (χ1) is 9.85. The molecule has 0 amide bonds. The number of rotatable bonds is 5. The molecule has 3 nitrogen and oxygen atoms in total. The van der Waals surface area contributed by atoms with Crippen molar-refractivity contribution < 1.29 is 4.74 Å². The average Bonchev–Trinajstić information content (AvgIpc) is 2.47. The Labute approximate surface area is 120 Å². The Bertz CT molecular complexity index is 533. The van der Waals surface area contributed by atoms with Crippen LogP contribution in [0.15, 0.2) is 48.7 Å². The van der Waals surface area contributed by atoms with Gasteiger partial charge >= 0.3 is 0 Å². The largest absolute Gasteiger partial charge is 0.497 e. The van der Waals surface area contributed by atoms with Gasteiger partial charge in [0.1, 0.15) is 5.75 Å². The van der Waals surface area contributed by atoms with Gasteiger partial charge in [-0.15, -0.1) is 0 Å². The molecule has 1 aliphatic rings. The molecule has 0 saturated heterocycles. The Kier molecular flexibility index (Phi) is 3.97. The zero-order valence-corrected chi connectivity index (χ0v) is 11.8. The molecular formula is C17H20N2O. The van der Waals surface area contributed by atoms with Gasteiger partial charge in [-0.2, -0.15) is 0 Å². The van der Waals surface area contributed by atoms with Gasteiger partial charge in [0.25, 0.3) is 0 Å². The highest BCUT2D eigenvalue weighted by atomic mass is 16.5. The molecule has 0 bridgehead atoms. The molecule has 0 radical (unpaired) electrons. The molecule has 3 heteroatoms. The number of aromatic nitrogens is 1. The van der Waals surface area contributed by atoms with Crippen LogP contribution in [0.2, 0.25) is 0 Å². The van der Waals surface area contributed by atoms with Crippen LogP contribution in [0.1, 0.15) is 30.0 Å². The van der Waals surface area contributed by atoms with Crippen molar-refractivity contribution in [3.8, 4) is 5.75 Å². The average molecular weight is 268 g/mol. The molecule has 1 saturated carbocycles. The SMILES string of the molecule is COc1ccc(C2CC(NCc3ccccn3)C2)cc1. The number of hydrogen-bond acceptors (Lipinski definition) is 3. The minimum Gasteiger partial charge on any atom is -0.497 e. The van der Waals surface area contributed by atoms with Crippen LogP contribution in [-0.4, -0.2) is 18.1 Å². The first kappa shape index (κ1) is 13.1. The van der Waals surface area contributed by atoms with Crippen molar-refractivity contribution in [1.82, 2.24) is 10.3 Å². The monoisotopic (exact) mass is 268 g/mol. The van der Waals surface area contributed by atoms with Gasteiger partial charge in [0.15, 0.2) is 0 Å². The van der Waals surface area contributed by atoms with Crippen molar-refractivity contribution in [3.05, 3.63) is 59.9 Å². The minimum atomic E-state index is 0.615. The molecular weight excluding hydrogens is 248 g/mol. The maximum Gasteiger partial charge on any atom is 0.118 e. The standard InChI is InChI=1S/C17H20N2O/c1-20-17-7-5-13(6-8-17)14-10-16(11-14)19-12-15-4-2-3-9-18-15/h2-9,14,16,19H,10-12H2,1H3. The van der Waals surface area contributed by atoms with E-state index in [1.165, 1.54) is 18.4 Å². The number of benzene rings is 1. The lowest BCUT2D eigenvalue weighted by atomic mass is 9.76. The summed E-state index contributed by atoms with van der Waals surface area (Å²) in [6.07, 6.45) is 4.26. The van der Waals surface area contributed by atoms with Crippen molar-refractivity contribution in [1.29, 1.82) is 0 Å². The Morgan fingerprint density at radius 2 is 1.95 bits per heavy atom. The molecule has 1 fully saturated rings. The summed E-state index contributed by atoms with van der Waals surface area (Å²) in [5.41, 5.74) is 2.53. The molecule has 0 unspecified atom stereocenters. The minimum absolute atomic E-state index is 0.615. The van der Waals surface area contributed by atoms with E-state index in [4.69, 9.17) is 4.74 Å². The van der Waals surface area contributed by atoms with E-state index < -0.39 is 0 Å². The lowest BCUT2D eigenvalue weighted by Gasteiger charge is -2.36. The van der Waals surface area contributed by atoms with Gasteiger partial charge < -0.3 is 10.1 Å². The van der Waals surface area contributed by atoms with Crippen LogP contribution in [0, 0.1) is 0 Å². The van der Waals surface area contributed by atoms with E-state index in [0.717, 1.165) is 18.0 Å². The van der Waals surface area contributed by atoms with Crippen LogP contribution in [0.4, 0.5) is 0 Å². The van der Waals surface area contributed by atoms with Crippen LogP contribution in [0.3, 0.4) is 0 Å². The number of nitrogens with zero attached hydrogens (tertiary/aromatic N) is 1. The maximum atomic E-state index is 5.19. The number of nitrogens with one attached hydrogen (secondary N) is 1. The third-order valence-electron chi connectivity index (χ3n) is 4.02. The van der Waals surface area contributed by atoms with Crippen LogP contribution in [0.25, 0.3) is 0 Å². The summed E-state index contributed by atoms with van der Waals surface area (Å²) >= 11 is 0. The van der Waals surface area contributed by atoms with E-state index in [9.17, 15) is 0 Å². The van der Waals surface area contributed by atoms with Gasteiger partial charge in [-0.3, -0.25) is 4.98 Å². The van der Waals surface area contributed by atoms with Crippen molar-refractivity contribution in [2.75, 3.05) is 7.11 Å². The molecule has 0 atom stereocenters. The predicted octanol–water partition coefficient (Wildman–Crippen LogP) is 3.13. The third kappa shape index (κ3) is 2.99. The highest BCUT2D eigenvalue weighted by Gasteiger charge is 2.29. The van der Waals surface area contributed by atoms with Gasteiger partial charge in [0.2, 0.25) is 0 Å². The molecule has 2 aromatic rings. The molecule has 1 heterocycles. The van der Waals surface area contributed by atoms with E-state index in [-0.39, 0.29) is 0 Å². The van der Waals surface area contributed by atoms with E-state index in [2.05, 4.69) is 28.5 Å². The van der Waals surface area contributed by atoms with Gasteiger partial charge in [0, 0.05) is 18.8 Å². The summed E-state index contributed by atoms with van der Waals surface area (Å²) in [5, 5.41) is 3.57. The quantitative estimate of drug-likeness (QED) is 0.904. The van der Waals surface area contributed by atoms with Gasteiger partial charge in [-0.1, -0.05) is 18.2 Å². The van der Waals surface area contributed by atoms with E-state index in [1.807, 2.05) is 30.5 Å². The Morgan fingerprint density at radius 3 is 2.60 bits per heavy atom. The van der Waals surface area contributed by atoms with Crippen LogP contribution >= 0.6 is 0 Å². The zero-order valence-electron chi connectivity index (χ0n) is 11.8. The summed E-state index contributed by atoms with van der Waals surface area (Å²) in [7, 11) is 1.70. The fourth-order valence-corrected chi connectivity index (χ4v) is 2.68. The third-order valence-corrected chi connectivity index (χ3v) is 4.02.